The Morgan fingerprint density at radius 2 is 1.80 bits per heavy atom. The number of hydrogen-bond acceptors (Lipinski definition) is 9. The molecule has 0 unspecified atom stereocenters. The molecule has 1 amide bonds. The van der Waals surface area contributed by atoms with E-state index in [4.69, 9.17) is 9.72 Å². The van der Waals surface area contributed by atoms with Crippen molar-refractivity contribution in [1.82, 2.24) is 35.0 Å². The van der Waals surface area contributed by atoms with Crippen LogP contribution in [-0.2, 0) is 4.79 Å². The minimum absolute atomic E-state index is 0.0353. The van der Waals surface area contributed by atoms with Gasteiger partial charge < -0.3 is 20.7 Å². The number of carbonyl (C=O) groups is 1. The number of amides is 1. The number of piperidine rings is 1. The molecule has 0 bridgehead atoms. The maximum atomic E-state index is 15.3. The lowest BCUT2D eigenvalue weighted by atomic mass is 10.0. The van der Waals surface area contributed by atoms with Crippen molar-refractivity contribution in [2.24, 2.45) is 0 Å². The van der Waals surface area contributed by atoms with Gasteiger partial charge in [-0.05, 0) is 68.8 Å². The number of rotatable bonds is 9. The van der Waals surface area contributed by atoms with Gasteiger partial charge in [0.05, 0.1) is 23.6 Å². The van der Waals surface area contributed by atoms with E-state index in [1.54, 1.807) is 55.7 Å². The average molecular weight is 610 g/mol. The second-order valence-corrected chi connectivity index (χ2v) is 10.4. The van der Waals surface area contributed by atoms with Crippen LogP contribution in [-0.4, -0.2) is 48.7 Å². The van der Waals surface area contributed by atoms with Gasteiger partial charge in [-0.25, -0.2) is 28.7 Å². The van der Waals surface area contributed by atoms with E-state index >= 15 is 4.39 Å². The van der Waals surface area contributed by atoms with Crippen LogP contribution < -0.4 is 20.7 Å². The zero-order chi connectivity index (χ0) is 31.3. The number of hydrogen-bond donors (Lipinski definition) is 3. The van der Waals surface area contributed by atoms with Crippen molar-refractivity contribution in [1.29, 1.82) is 0 Å². The number of aryl methyl sites for hydroxylation is 1. The van der Waals surface area contributed by atoms with Crippen LogP contribution in [0.5, 0.6) is 11.8 Å². The fraction of sp³-hybridized carbons (Fsp3) is 0.188. The monoisotopic (exact) mass is 609 g/mol. The SMILES string of the molecule is C=C(F)C(=O)Nc1ccc(-c2nc(Nc3cnn(C4CCNCC4)c3)ncc2-c2ccc(Oc3nccc(C)n3)c(F)c2)cc1. The van der Waals surface area contributed by atoms with Crippen molar-refractivity contribution < 1.29 is 18.3 Å². The first kappa shape index (κ1) is 29.5. The molecule has 0 radical (unpaired) electrons. The quantitative estimate of drug-likeness (QED) is 0.169. The van der Waals surface area contributed by atoms with Gasteiger partial charge in [0.25, 0.3) is 5.91 Å². The van der Waals surface area contributed by atoms with Crippen LogP contribution in [0.3, 0.4) is 0 Å². The molecule has 0 aliphatic carbocycles. The molecule has 45 heavy (non-hydrogen) atoms. The molecular formula is C32H29F2N9O2. The maximum Gasteiger partial charge on any atom is 0.322 e. The third-order valence-corrected chi connectivity index (χ3v) is 7.21. The van der Waals surface area contributed by atoms with Crippen molar-refractivity contribution in [2.45, 2.75) is 25.8 Å². The number of ether oxygens (including phenoxy) is 1. The van der Waals surface area contributed by atoms with Crippen LogP contribution in [0, 0.1) is 12.7 Å². The molecule has 0 spiro atoms. The van der Waals surface area contributed by atoms with Crippen LogP contribution in [0.2, 0.25) is 0 Å². The number of nitrogens with one attached hydrogen (secondary N) is 3. The minimum atomic E-state index is -1.10. The van der Waals surface area contributed by atoms with E-state index in [9.17, 15) is 9.18 Å². The Balaban J connectivity index is 1.32. The van der Waals surface area contributed by atoms with Gasteiger partial charge in [-0.15, -0.1) is 0 Å². The average Bonchev–Trinajstić information content (AvgIpc) is 3.51. The molecule has 5 aromatic rings. The zero-order valence-corrected chi connectivity index (χ0v) is 24.3. The number of halogens is 2. The molecule has 3 aromatic heterocycles. The Morgan fingerprint density at radius 1 is 1.02 bits per heavy atom. The standard InChI is InChI=1S/C32H29F2N9O2/c1-19-9-14-36-32(39-19)45-28-8-5-22(15-27(28)34)26-17-37-31(41-24-16-38-43(18-24)25-10-12-35-13-11-25)42-29(26)21-3-6-23(7-4-21)40-30(44)20(2)33/h3-9,14-18,25,35H,2,10-13H2,1H3,(H,40,44)(H,37,41,42). The van der Waals surface area contributed by atoms with Crippen molar-refractivity contribution in [3.63, 3.8) is 0 Å². The Kier molecular flexibility index (Phi) is 8.51. The van der Waals surface area contributed by atoms with Gasteiger partial charge in [-0.1, -0.05) is 24.8 Å². The van der Waals surface area contributed by atoms with E-state index in [-0.39, 0.29) is 11.8 Å². The van der Waals surface area contributed by atoms with E-state index < -0.39 is 17.6 Å². The highest BCUT2D eigenvalue weighted by Crippen LogP contribution is 2.35. The lowest BCUT2D eigenvalue weighted by Gasteiger charge is -2.22. The van der Waals surface area contributed by atoms with Crippen molar-refractivity contribution in [3.05, 3.63) is 97.2 Å². The van der Waals surface area contributed by atoms with Gasteiger partial charge in [0.15, 0.2) is 17.4 Å². The molecule has 0 atom stereocenters. The summed E-state index contributed by atoms with van der Waals surface area (Å²) in [6.07, 6.45) is 8.77. The van der Waals surface area contributed by atoms with Crippen LogP contribution in [0.25, 0.3) is 22.4 Å². The van der Waals surface area contributed by atoms with Gasteiger partial charge in [0.1, 0.15) is 0 Å². The highest BCUT2D eigenvalue weighted by molar-refractivity contribution is 6.01. The minimum Gasteiger partial charge on any atom is -0.421 e. The predicted octanol–water partition coefficient (Wildman–Crippen LogP) is 6.13. The molecule has 13 heteroatoms. The summed E-state index contributed by atoms with van der Waals surface area (Å²) in [7, 11) is 0. The predicted molar refractivity (Wildman–Crippen MR) is 165 cm³/mol. The number of benzene rings is 2. The molecule has 11 nitrogen and oxygen atoms in total. The third kappa shape index (κ3) is 6.99. The summed E-state index contributed by atoms with van der Waals surface area (Å²) in [5.41, 5.74) is 3.95. The summed E-state index contributed by atoms with van der Waals surface area (Å²) in [6.45, 7) is 6.69. The highest BCUT2D eigenvalue weighted by Gasteiger charge is 2.18. The fourth-order valence-corrected chi connectivity index (χ4v) is 4.91. The molecule has 3 N–H and O–H groups in total. The first-order valence-corrected chi connectivity index (χ1v) is 14.2. The van der Waals surface area contributed by atoms with E-state index in [0.29, 0.717) is 45.8 Å². The third-order valence-electron chi connectivity index (χ3n) is 7.21. The molecule has 1 fully saturated rings. The molecule has 1 aliphatic heterocycles. The van der Waals surface area contributed by atoms with Gasteiger partial charge in [0, 0.05) is 41.1 Å². The molecule has 1 aliphatic rings. The van der Waals surface area contributed by atoms with E-state index in [0.717, 1.165) is 31.6 Å². The molecule has 4 heterocycles. The summed E-state index contributed by atoms with van der Waals surface area (Å²) in [5.74, 6) is -2.39. The molecule has 1 saturated heterocycles. The first-order valence-electron chi connectivity index (χ1n) is 14.2. The van der Waals surface area contributed by atoms with Crippen LogP contribution >= 0.6 is 0 Å². The molecular weight excluding hydrogens is 580 g/mol. The van der Waals surface area contributed by atoms with Crippen LogP contribution in [0.1, 0.15) is 24.6 Å². The Labute approximate surface area is 257 Å². The van der Waals surface area contributed by atoms with Gasteiger partial charge in [-0.2, -0.15) is 5.10 Å². The van der Waals surface area contributed by atoms with Crippen molar-refractivity contribution in [3.8, 4) is 34.1 Å². The summed E-state index contributed by atoms with van der Waals surface area (Å²) in [6, 6.07) is 13.2. The van der Waals surface area contributed by atoms with Crippen LogP contribution in [0.4, 0.5) is 26.1 Å². The summed E-state index contributed by atoms with van der Waals surface area (Å²) < 4.78 is 36.0. The Hall–Kier alpha value is -5.56. The topological polar surface area (TPSA) is 132 Å². The summed E-state index contributed by atoms with van der Waals surface area (Å²) >= 11 is 0. The Morgan fingerprint density at radius 3 is 2.53 bits per heavy atom. The van der Waals surface area contributed by atoms with Gasteiger partial charge in [-0.3, -0.25) is 9.48 Å². The van der Waals surface area contributed by atoms with Crippen LogP contribution in [0.15, 0.2) is 85.7 Å². The van der Waals surface area contributed by atoms with Gasteiger partial charge in [0.2, 0.25) is 5.95 Å². The van der Waals surface area contributed by atoms with Gasteiger partial charge >= 0.3 is 6.01 Å². The second-order valence-electron chi connectivity index (χ2n) is 10.4. The van der Waals surface area contributed by atoms with E-state index in [1.807, 2.05) is 10.9 Å². The number of anilines is 3. The normalized spacial score (nSPS) is 13.3. The highest BCUT2D eigenvalue weighted by atomic mass is 19.1. The van der Waals surface area contributed by atoms with E-state index in [2.05, 4.69) is 42.6 Å². The summed E-state index contributed by atoms with van der Waals surface area (Å²) in [5, 5.41) is 13.5. The lowest BCUT2D eigenvalue weighted by molar-refractivity contribution is -0.114. The van der Waals surface area contributed by atoms with Crippen molar-refractivity contribution >= 4 is 23.2 Å². The first-order chi connectivity index (χ1) is 21.8. The largest absolute Gasteiger partial charge is 0.421 e. The summed E-state index contributed by atoms with van der Waals surface area (Å²) in [4.78, 5) is 29.2. The molecule has 0 saturated carbocycles. The zero-order valence-electron chi connectivity index (χ0n) is 24.3. The molecule has 228 valence electrons. The number of aromatic nitrogens is 6. The number of carbonyl (C=O) groups excluding carboxylic acids is 1. The lowest BCUT2D eigenvalue weighted by Crippen LogP contribution is -2.29. The number of nitrogens with zero attached hydrogens (tertiary/aromatic N) is 6. The maximum absolute atomic E-state index is 15.3. The molecule has 6 rings (SSSR count). The molecule has 2 aromatic carbocycles. The smallest absolute Gasteiger partial charge is 0.322 e. The Bertz CT molecular complexity index is 1850. The van der Waals surface area contributed by atoms with Crippen molar-refractivity contribution in [2.75, 3.05) is 23.7 Å². The second kappa shape index (κ2) is 13.0. The van der Waals surface area contributed by atoms with E-state index in [1.165, 1.54) is 18.3 Å². The fourth-order valence-electron chi connectivity index (χ4n) is 4.91.